The highest BCUT2D eigenvalue weighted by Gasteiger charge is 2.00. The molecule has 4 nitrogen and oxygen atoms in total. The van der Waals surface area contributed by atoms with Gasteiger partial charge in [-0.05, 0) is 0 Å². The van der Waals surface area contributed by atoms with Gasteiger partial charge in [0.1, 0.15) is 0 Å². The molecule has 0 saturated heterocycles. The van der Waals surface area contributed by atoms with E-state index in [1.165, 1.54) is 0 Å². The molecule has 1 atom stereocenters. The van der Waals surface area contributed by atoms with Gasteiger partial charge in [0.05, 0.1) is 6.26 Å². The second-order valence-corrected chi connectivity index (χ2v) is 5.80. The quantitative estimate of drug-likeness (QED) is 0.637. The van der Waals surface area contributed by atoms with Crippen LogP contribution in [0.4, 0.5) is 0 Å². The van der Waals surface area contributed by atoms with Crippen molar-refractivity contribution < 1.29 is 12.6 Å². The normalized spacial score (nSPS) is 14.7. The molecule has 0 aromatic rings. The van der Waals surface area contributed by atoms with Crippen LogP contribution in [-0.2, 0) is 20.8 Å². The van der Waals surface area contributed by atoms with E-state index in [1.807, 2.05) is 0 Å². The van der Waals surface area contributed by atoms with Gasteiger partial charge in [0.25, 0.3) is 0 Å². The molecule has 0 amide bonds. The van der Waals surface area contributed by atoms with Gasteiger partial charge in [0.2, 0.25) is 10.0 Å². The Balaban J connectivity index is 3.51. The van der Waals surface area contributed by atoms with Crippen LogP contribution in [0.3, 0.4) is 0 Å². The first kappa shape index (κ1) is 11.1. The molecule has 0 aromatic carbocycles. The lowest BCUT2D eigenvalue weighted by atomic mass is 10.8. The Morgan fingerprint density at radius 2 is 2.00 bits per heavy atom. The molecule has 0 aliphatic heterocycles. The van der Waals surface area contributed by atoms with Crippen molar-refractivity contribution in [2.75, 3.05) is 24.3 Å². The van der Waals surface area contributed by atoms with E-state index >= 15 is 0 Å². The highest BCUT2D eigenvalue weighted by molar-refractivity contribution is 7.88. The molecular formula is C5H13NO3S2. The van der Waals surface area contributed by atoms with Gasteiger partial charge in [-0.3, -0.25) is 4.21 Å². The first-order chi connectivity index (χ1) is 4.95. The summed E-state index contributed by atoms with van der Waals surface area (Å²) in [4.78, 5) is 0. The molecule has 0 rings (SSSR count). The summed E-state index contributed by atoms with van der Waals surface area (Å²) in [7, 11) is -4.00. The second kappa shape index (κ2) is 4.84. The highest BCUT2D eigenvalue weighted by Crippen LogP contribution is 1.80. The number of hydrogen-bond acceptors (Lipinski definition) is 3. The van der Waals surface area contributed by atoms with E-state index < -0.39 is 20.8 Å². The molecular weight excluding hydrogens is 186 g/mol. The fraction of sp³-hybridized carbons (Fsp3) is 1.00. The smallest absolute Gasteiger partial charge is 0.208 e. The topological polar surface area (TPSA) is 63.2 Å². The van der Waals surface area contributed by atoms with Crippen molar-refractivity contribution >= 4 is 20.8 Å². The van der Waals surface area contributed by atoms with Crippen LogP contribution in [0.25, 0.3) is 0 Å². The summed E-state index contributed by atoms with van der Waals surface area (Å²) in [5.41, 5.74) is 0. The Hall–Kier alpha value is 0.0600. The number of sulfonamides is 1. The lowest BCUT2D eigenvalue weighted by Crippen LogP contribution is -2.26. The van der Waals surface area contributed by atoms with Crippen LogP contribution in [0.1, 0.15) is 6.92 Å². The minimum Gasteiger partial charge on any atom is -0.260 e. The average Bonchev–Trinajstić information content (AvgIpc) is 1.85. The van der Waals surface area contributed by atoms with Crippen molar-refractivity contribution in [2.45, 2.75) is 6.92 Å². The van der Waals surface area contributed by atoms with E-state index in [0.717, 1.165) is 6.26 Å². The van der Waals surface area contributed by atoms with Gasteiger partial charge in [-0.15, -0.1) is 0 Å². The molecule has 0 spiro atoms. The predicted octanol–water partition coefficient (Wildman–Crippen LogP) is -0.696. The molecule has 0 radical (unpaired) electrons. The molecule has 0 heterocycles. The Kier molecular flexibility index (Phi) is 4.87. The molecule has 68 valence electrons. The third-order valence-corrected chi connectivity index (χ3v) is 3.05. The highest BCUT2D eigenvalue weighted by atomic mass is 32.2. The summed E-state index contributed by atoms with van der Waals surface area (Å²) < 4.78 is 34.0. The summed E-state index contributed by atoms with van der Waals surface area (Å²) in [5, 5.41) is 0. The van der Waals surface area contributed by atoms with Crippen molar-refractivity contribution in [3.63, 3.8) is 0 Å². The van der Waals surface area contributed by atoms with Gasteiger partial charge in [-0.25, -0.2) is 13.1 Å². The number of hydrogen-bond donors (Lipinski definition) is 1. The maximum absolute atomic E-state index is 10.8. The largest absolute Gasteiger partial charge is 0.260 e. The first-order valence-electron chi connectivity index (χ1n) is 3.25. The average molecular weight is 199 g/mol. The van der Waals surface area contributed by atoms with Crippen LogP contribution in [0, 0.1) is 0 Å². The predicted molar refractivity (Wildman–Crippen MR) is 46.4 cm³/mol. The summed E-state index contributed by atoms with van der Waals surface area (Å²) >= 11 is 0. The zero-order chi connectivity index (χ0) is 8.91. The maximum Gasteiger partial charge on any atom is 0.208 e. The Bertz CT molecular complexity index is 222. The summed E-state index contributed by atoms with van der Waals surface area (Å²) in [6, 6.07) is 0. The Labute approximate surface area is 69.9 Å². The molecule has 0 aliphatic carbocycles. The van der Waals surface area contributed by atoms with Crippen LogP contribution < -0.4 is 4.72 Å². The molecule has 1 unspecified atom stereocenters. The SMILES string of the molecule is CCS(=O)CCNS(C)(=O)=O. The second-order valence-electron chi connectivity index (χ2n) is 2.10. The zero-order valence-corrected chi connectivity index (χ0v) is 8.30. The van der Waals surface area contributed by atoms with Crippen LogP contribution >= 0.6 is 0 Å². The van der Waals surface area contributed by atoms with E-state index in [-0.39, 0.29) is 6.54 Å². The molecule has 11 heavy (non-hydrogen) atoms. The van der Waals surface area contributed by atoms with Crippen molar-refractivity contribution in [1.82, 2.24) is 4.72 Å². The molecule has 0 aliphatic rings. The van der Waals surface area contributed by atoms with Crippen molar-refractivity contribution in [3.05, 3.63) is 0 Å². The van der Waals surface area contributed by atoms with Crippen LogP contribution in [0.2, 0.25) is 0 Å². The lowest BCUT2D eigenvalue weighted by molar-refractivity contribution is 0.590. The van der Waals surface area contributed by atoms with E-state index in [2.05, 4.69) is 4.72 Å². The van der Waals surface area contributed by atoms with Crippen LogP contribution in [0.15, 0.2) is 0 Å². The molecule has 0 aromatic heterocycles. The summed E-state index contributed by atoms with van der Waals surface area (Å²) in [5.74, 6) is 0.967. The van der Waals surface area contributed by atoms with Gasteiger partial charge in [-0.2, -0.15) is 0 Å². The van der Waals surface area contributed by atoms with Crippen LogP contribution in [-0.4, -0.2) is 36.9 Å². The molecule has 1 N–H and O–H groups in total. The minimum absolute atomic E-state index is 0.263. The molecule has 0 fully saturated rings. The fourth-order valence-electron chi connectivity index (χ4n) is 0.485. The van der Waals surface area contributed by atoms with E-state index in [4.69, 9.17) is 0 Å². The summed E-state index contributed by atoms with van der Waals surface area (Å²) in [6.45, 7) is 2.07. The van der Waals surface area contributed by atoms with E-state index in [1.54, 1.807) is 6.92 Å². The summed E-state index contributed by atoms with van der Waals surface area (Å²) in [6.07, 6.45) is 1.09. The monoisotopic (exact) mass is 199 g/mol. The van der Waals surface area contributed by atoms with Gasteiger partial charge in [0.15, 0.2) is 0 Å². The van der Waals surface area contributed by atoms with E-state index in [9.17, 15) is 12.6 Å². The number of nitrogens with one attached hydrogen (secondary N) is 1. The van der Waals surface area contributed by atoms with Crippen molar-refractivity contribution in [3.8, 4) is 0 Å². The first-order valence-corrected chi connectivity index (χ1v) is 6.63. The van der Waals surface area contributed by atoms with Gasteiger partial charge < -0.3 is 0 Å². The van der Waals surface area contributed by atoms with Crippen molar-refractivity contribution in [2.24, 2.45) is 0 Å². The fourth-order valence-corrected chi connectivity index (χ4v) is 1.71. The van der Waals surface area contributed by atoms with Crippen molar-refractivity contribution in [1.29, 1.82) is 0 Å². The zero-order valence-electron chi connectivity index (χ0n) is 6.66. The minimum atomic E-state index is -3.11. The third-order valence-electron chi connectivity index (χ3n) is 1.02. The lowest BCUT2D eigenvalue weighted by Gasteiger charge is -1.99. The molecule has 0 saturated carbocycles. The Morgan fingerprint density at radius 3 is 2.36 bits per heavy atom. The van der Waals surface area contributed by atoms with Crippen LogP contribution in [0.5, 0.6) is 0 Å². The maximum atomic E-state index is 10.8. The van der Waals surface area contributed by atoms with Gasteiger partial charge in [-0.1, -0.05) is 6.92 Å². The van der Waals surface area contributed by atoms with Gasteiger partial charge in [0, 0.05) is 28.9 Å². The number of rotatable bonds is 5. The third kappa shape index (κ3) is 7.96. The Morgan fingerprint density at radius 1 is 1.45 bits per heavy atom. The van der Waals surface area contributed by atoms with E-state index in [0.29, 0.717) is 11.5 Å². The van der Waals surface area contributed by atoms with Gasteiger partial charge >= 0.3 is 0 Å². The molecule has 6 heteroatoms. The standard InChI is InChI=1S/C5H13NO3S2/c1-3-10(7)5-4-6-11(2,8)9/h6H,3-5H2,1-2H3. The molecule has 0 bridgehead atoms.